The molecule has 1 fully saturated rings. The van der Waals surface area contributed by atoms with Crippen molar-refractivity contribution in [3.63, 3.8) is 0 Å². The average molecular weight is 234 g/mol. The molecule has 0 bridgehead atoms. The molecular formula is C13H18N2O2. The van der Waals surface area contributed by atoms with Gasteiger partial charge in [0, 0.05) is 18.4 Å². The number of aromatic nitrogens is 1. The molecule has 1 aromatic heterocycles. The molecule has 92 valence electrons. The van der Waals surface area contributed by atoms with Gasteiger partial charge in [-0.2, -0.15) is 0 Å². The predicted molar refractivity (Wildman–Crippen MR) is 66.0 cm³/mol. The third-order valence-corrected chi connectivity index (χ3v) is 3.53. The summed E-state index contributed by atoms with van der Waals surface area (Å²) < 4.78 is 4.64. The molecule has 0 atom stereocenters. The first kappa shape index (κ1) is 11.9. The molecule has 1 N–H and O–H groups in total. The van der Waals surface area contributed by atoms with Crippen LogP contribution in [0.15, 0.2) is 18.3 Å². The Morgan fingerprint density at radius 3 is 2.94 bits per heavy atom. The first-order valence-electron chi connectivity index (χ1n) is 5.97. The summed E-state index contributed by atoms with van der Waals surface area (Å²) in [6.07, 6.45) is 5.42. The van der Waals surface area contributed by atoms with Gasteiger partial charge in [0.2, 0.25) is 0 Å². The number of carbonyl (C=O) groups is 1. The molecule has 0 aromatic carbocycles. The number of hydrogen-bond donors (Lipinski definition) is 1. The number of anilines is 1. The van der Waals surface area contributed by atoms with Gasteiger partial charge >= 0.3 is 5.97 Å². The van der Waals surface area contributed by atoms with Gasteiger partial charge in [0.1, 0.15) is 5.69 Å². The van der Waals surface area contributed by atoms with Crippen molar-refractivity contribution < 1.29 is 9.53 Å². The quantitative estimate of drug-likeness (QED) is 0.795. The van der Waals surface area contributed by atoms with E-state index in [0.717, 1.165) is 12.2 Å². The van der Waals surface area contributed by atoms with Crippen LogP contribution in [0.1, 0.15) is 36.7 Å². The average Bonchev–Trinajstić information content (AvgIpc) is 3.16. The SMILES string of the molecule is CCC1(CNc2ccnc(C(=O)OC)c2)CC1. The molecule has 0 saturated heterocycles. The number of rotatable bonds is 5. The third-order valence-electron chi connectivity index (χ3n) is 3.53. The van der Waals surface area contributed by atoms with Crippen LogP contribution in [-0.4, -0.2) is 24.6 Å². The van der Waals surface area contributed by atoms with Gasteiger partial charge in [-0.05, 0) is 36.8 Å². The lowest BCUT2D eigenvalue weighted by atomic mass is 10.0. The standard InChI is InChI=1S/C13H18N2O2/c1-3-13(5-6-13)9-15-10-4-7-14-11(8-10)12(16)17-2/h4,7-8H,3,5-6,9H2,1-2H3,(H,14,15). The maximum atomic E-state index is 11.3. The number of ether oxygens (including phenoxy) is 1. The normalized spacial score (nSPS) is 16.4. The highest BCUT2D eigenvalue weighted by molar-refractivity contribution is 5.88. The highest BCUT2D eigenvalue weighted by atomic mass is 16.5. The van der Waals surface area contributed by atoms with Crippen molar-refractivity contribution >= 4 is 11.7 Å². The molecule has 0 amide bonds. The maximum Gasteiger partial charge on any atom is 0.356 e. The van der Waals surface area contributed by atoms with Crippen LogP contribution >= 0.6 is 0 Å². The van der Waals surface area contributed by atoms with E-state index in [2.05, 4.69) is 22.0 Å². The largest absolute Gasteiger partial charge is 0.464 e. The minimum atomic E-state index is -0.398. The molecular weight excluding hydrogens is 216 g/mol. The summed E-state index contributed by atoms with van der Waals surface area (Å²) in [5.74, 6) is -0.398. The minimum absolute atomic E-state index is 0.346. The van der Waals surface area contributed by atoms with E-state index in [-0.39, 0.29) is 0 Å². The van der Waals surface area contributed by atoms with E-state index < -0.39 is 5.97 Å². The highest BCUT2D eigenvalue weighted by Crippen LogP contribution is 2.48. The van der Waals surface area contributed by atoms with Crippen molar-refractivity contribution in [2.24, 2.45) is 5.41 Å². The Balaban J connectivity index is 1.99. The van der Waals surface area contributed by atoms with E-state index in [4.69, 9.17) is 0 Å². The van der Waals surface area contributed by atoms with Gasteiger partial charge in [0.05, 0.1) is 7.11 Å². The molecule has 1 aromatic rings. The van der Waals surface area contributed by atoms with Gasteiger partial charge < -0.3 is 10.1 Å². The van der Waals surface area contributed by atoms with E-state index >= 15 is 0 Å². The van der Waals surface area contributed by atoms with Crippen LogP contribution in [-0.2, 0) is 4.74 Å². The molecule has 1 aliphatic carbocycles. The zero-order valence-electron chi connectivity index (χ0n) is 10.3. The molecule has 4 heteroatoms. The van der Waals surface area contributed by atoms with E-state index in [9.17, 15) is 4.79 Å². The Morgan fingerprint density at radius 1 is 1.59 bits per heavy atom. The van der Waals surface area contributed by atoms with Crippen LogP contribution in [0.4, 0.5) is 5.69 Å². The fraction of sp³-hybridized carbons (Fsp3) is 0.538. The molecule has 1 saturated carbocycles. The van der Waals surface area contributed by atoms with Crippen LogP contribution in [0.2, 0.25) is 0 Å². The van der Waals surface area contributed by atoms with E-state index in [0.29, 0.717) is 11.1 Å². The van der Waals surface area contributed by atoms with Crippen molar-refractivity contribution in [2.75, 3.05) is 19.0 Å². The second-order valence-electron chi connectivity index (χ2n) is 4.63. The van der Waals surface area contributed by atoms with Crippen molar-refractivity contribution in [3.05, 3.63) is 24.0 Å². The Labute approximate surface area is 101 Å². The monoisotopic (exact) mass is 234 g/mol. The Kier molecular flexibility index (Phi) is 3.31. The fourth-order valence-corrected chi connectivity index (χ4v) is 1.88. The van der Waals surface area contributed by atoms with Gasteiger partial charge in [-0.15, -0.1) is 0 Å². The number of nitrogens with zero attached hydrogens (tertiary/aromatic N) is 1. The van der Waals surface area contributed by atoms with E-state index in [1.807, 2.05) is 6.07 Å². The first-order valence-corrected chi connectivity index (χ1v) is 5.97. The molecule has 0 radical (unpaired) electrons. The molecule has 1 heterocycles. The van der Waals surface area contributed by atoms with Crippen LogP contribution in [0, 0.1) is 5.41 Å². The third kappa shape index (κ3) is 2.75. The lowest BCUT2D eigenvalue weighted by Crippen LogP contribution is -2.15. The zero-order valence-corrected chi connectivity index (χ0v) is 10.3. The maximum absolute atomic E-state index is 11.3. The molecule has 4 nitrogen and oxygen atoms in total. The molecule has 2 rings (SSSR count). The van der Waals surface area contributed by atoms with Crippen molar-refractivity contribution in [1.82, 2.24) is 4.98 Å². The predicted octanol–water partition coefficient (Wildman–Crippen LogP) is 2.47. The molecule has 0 spiro atoms. The Bertz CT molecular complexity index is 414. The summed E-state index contributed by atoms with van der Waals surface area (Å²) in [4.78, 5) is 15.3. The van der Waals surface area contributed by atoms with Crippen molar-refractivity contribution in [3.8, 4) is 0 Å². The number of nitrogens with one attached hydrogen (secondary N) is 1. The summed E-state index contributed by atoms with van der Waals surface area (Å²) >= 11 is 0. The second kappa shape index (κ2) is 4.73. The van der Waals surface area contributed by atoms with E-state index in [1.165, 1.54) is 26.4 Å². The summed E-state index contributed by atoms with van der Waals surface area (Å²) in [6, 6.07) is 3.61. The Morgan fingerprint density at radius 2 is 2.35 bits per heavy atom. The van der Waals surface area contributed by atoms with Gasteiger partial charge in [-0.1, -0.05) is 6.92 Å². The van der Waals surface area contributed by atoms with Crippen LogP contribution in [0.25, 0.3) is 0 Å². The summed E-state index contributed by atoms with van der Waals surface area (Å²) in [5, 5.41) is 3.37. The van der Waals surface area contributed by atoms with Crippen molar-refractivity contribution in [2.45, 2.75) is 26.2 Å². The number of methoxy groups -OCH3 is 1. The van der Waals surface area contributed by atoms with E-state index in [1.54, 1.807) is 12.3 Å². The van der Waals surface area contributed by atoms with Gasteiger partial charge in [0.25, 0.3) is 0 Å². The summed E-state index contributed by atoms with van der Waals surface area (Å²) in [7, 11) is 1.36. The Hall–Kier alpha value is -1.58. The van der Waals surface area contributed by atoms with Gasteiger partial charge in [-0.3, -0.25) is 0 Å². The van der Waals surface area contributed by atoms with Gasteiger partial charge in [0.15, 0.2) is 0 Å². The van der Waals surface area contributed by atoms with Crippen LogP contribution < -0.4 is 5.32 Å². The zero-order chi connectivity index (χ0) is 12.3. The van der Waals surface area contributed by atoms with Crippen LogP contribution in [0.5, 0.6) is 0 Å². The molecule has 0 aliphatic heterocycles. The second-order valence-corrected chi connectivity index (χ2v) is 4.63. The lowest BCUT2D eigenvalue weighted by molar-refractivity contribution is 0.0594. The smallest absolute Gasteiger partial charge is 0.356 e. The molecule has 1 aliphatic rings. The number of carbonyl (C=O) groups excluding carboxylic acids is 1. The van der Waals surface area contributed by atoms with Crippen LogP contribution in [0.3, 0.4) is 0 Å². The summed E-state index contributed by atoms with van der Waals surface area (Å²) in [5.41, 5.74) is 1.76. The minimum Gasteiger partial charge on any atom is -0.464 e. The highest BCUT2D eigenvalue weighted by Gasteiger charge is 2.40. The lowest BCUT2D eigenvalue weighted by Gasteiger charge is -2.14. The number of pyridine rings is 1. The first-order chi connectivity index (χ1) is 8.19. The fourth-order valence-electron chi connectivity index (χ4n) is 1.88. The summed E-state index contributed by atoms with van der Waals surface area (Å²) in [6.45, 7) is 3.19. The molecule has 17 heavy (non-hydrogen) atoms. The number of hydrogen-bond acceptors (Lipinski definition) is 4. The van der Waals surface area contributed by atoms with Crippen molar-refractivity contribution in [1.29, 1.82) is 0 Å². The number of esters is 1. The topological polar surface area (TPSA) is 51.2 Å². The van der Waals surface area contributed by atoms with Gasteiger partial charge in [-0.25, -0.2) is 9.78 Å². The molecule has 0 unspecified atom stereocenters.